The monoisotopic (exact) mass is 102 g/mol. The van der Waals surface area contributed by atoms with Crippen LogP contribution in [0.4, 0.5) is 0 Å². The molecule has 0 radical (unpaired) electrons. The Morgan fingerprint density at radius 2 is 2.57 bits per heavy atom. The Balaban J connectivity index is 2.83. The van der Waals surface area contributed by atoms with Crippen molar-refractivity contribution in [3.63, 3.8) is 0 Å². The van der Waals surface area contributed by atoms with Gasteiger partial charge in [-0.05, 0) is 5.22 Å². The van der Waals surface area contributed by atoms with Crippen molar-refractivity contribution in [2.45, 2.75) is 0 Å². The molecule has 0 saturated carbocycles. The summed E-state index contributed by atoms with van der Waals surface area (Å²) in [5.41, 5.74) is 9.85. The van der Waals surface area contributed by atoms with E-state index < -0.39 is 0 Å². The van der Waals surface area contributed by atoms with Crippen molar-refractivity contribution in [1.29, 1.82) is 0 Å². The van der Waals surface area contributed by atoms with E-state index in [2.05, 4.69) is 15.6 Å². The van der Waals surface area contributed by atoms with Crippen molar-refractivity contribution < 1.29 is 5.11 Å². The normalized spacial score (nSPS) is 7.00. The van der Waals surface area contributed by atoms with Crippen molar-refractivity contribution in [2.75, 3.05) is 13.2 Å². The second-order valence-electron chi connectivity index (χ2n) is 0.821. The van der Waals surface area contributed by atoms with E-state index in [9.17, 15) is 0 Å². The Bertz CT molecular complexity index is 75.8. The van der Waals surface area contributed by atoms with Gasteiger partial charge in [0.05, 0.1) is 6.61 Å². The van der Waals surface area contributed by atoms with Crippen molar-refractivity contribution in [3.8, 4) is 0 Å². The number of nitrogens with zero attached hydrogens (tertiary/aromatic N) is 3. The van der Waals surface area contributed by atoms with Gasteiger partial charge in [-0.25, -0.2) is 0 Å². The smallest absolute Gasteiger partial charge is 0.109 e. The number of aliphatic hydroxyl groups excluding tert-OH is 1. The molecule has 0 bridgehead atoms. The SMILES string of the molecule is [N-]=[N+]=NNCCO. The molecule has 0 aliphatic rings. The first-order chi connectivity index (χ1) is 3.41. The molecule has 0 aromatic rings. The largest absolute Gasteiger partial charge is 0.392 e. The standard InChI is InChI=1S/C2H6N4O/c3-5-6-4-1-2-7/h4,7H,1-2H2. The highest BCUT2D eigenvalue weighted by molar-refractivity contribution is 4.37. The fourth-order valence-corrected chi connectivity index (χ4v) is 0.132. The molecule has 0 heterocycles. The summed E-state index contributed by atoms with van der Waals surface area (Å²) >= 11 is 0. The Labute approximate surface area is 40.6 Å². The number of rotatable bonds is 3. The molecule has 0 saturated heterocycles. The summed E-state index contributed by atoms with van der Waals surface area (Å²) in [5.74, 6) is 0. The Morgan fingerprint density at radius 1 is 1.86 bits per heavy atom. The zero-order chi connectivity index (χ0) is 5.54. The van der Waals surface area contributed by atoms with Gasteiger partial charge in [0, 0.05) is 0 Å². The Morgan fingerprint density at radius 3 is 3.00 bits per heavy atom. The second kappa shape index (κ2) is 5.07. The maximum atomic E-state index is 8.05. The number of aliphatic hydroxyl groups is 1. The highest BCUT2D eigenvalue weighted by Crippen LogP contribution is 1.57. The summed E-state index contributed by atoms with van der Waals surface area (Å²) in [4.78, 5) is 2.38. The lowest BCUT2D eigenvalue weighted by atomic mass is 10.7. The van der Waals surface area contributed by atoms with E-state index in [0.717, 1.165) is 0 Å². The van der Waals surface area contributed by atoms with Crippen LogP contribution in [-0.2, 0) is 0 Å². The zero-order valence-corrected chi connectivity index (χ0v) is 3.70. The Kier molecular flexibility index (Phi) is 4.40. The topological polar surface area (TPSA) is 81.0 Å². The molecule has 0 aromatic carbocycles. The van der Waals surface area contributed by atoms with E-state index in [1.807, 2.05) is 0 Å². The van der Waals surface area contributed by atoms with Crippen LogP contribution in [0.2, 0.25) is 0 Å². The highest BCUT2D eigenvalue weighted by Gasteiger charge is 1.73. The minimum absolute atomic E-state index is 0.0149. The molecule has 0 fully saturated rings. The fraction of sp³-hybridized carbons (Fsp3) is 1.00. The maximum Gasteiger partial charge on any atom is 0.109 e. The van der Waals surface area contributed by atoms with Gasteiger partial charge in [-0.1, -0.05) is 0 Å². The molecular weight excluding hydrogens is 96.0 g/mol. The summed E-state index contributed by atoms with van der Waals surface area (Å²) < 4.78 is 0. The Hall–Kier alpha value is -0.930. The zero-order valence-electron chi connectivity index (χ0n) is 3.70. The summed E-state index contributed by atoms with van der Waals surface area (Å²) in [6.07, 6.45) is 0. The van der Waals surface area contributed by atoms with E-state index in [1.165, 1.54) is 0 Å². The highest BCUT2D eigenvalue weighted by atomic mass is 16.3. The van der Waals surface area contributed by atoms with Gasteiger partial charge in [0.1, 0.15) is 6.54 Å². The molecule has 0 rings (SSSR count). The summed E-state index contributed by atoms with van der Waals surface area (Å²) in [6.45, 7) is 0.295. The molecule has 2 N–H and O–H groups in total. The first-order valence-electron chi connectivity index (χ1n) is 1.79. The van der Waals surface area contributed by atoms with Gasteiger partial charge in [-0.15, -0.1) is 5.53 Å². The minimum Gasteiger partial charge on any atom is -0.392 e. The third-order valence-electron chi connectivity index (χ3n) is 0.339. The van der Waals surface area contributed by atoms with Crippen LogP contribution in [0.1, 0.15) is 0 Å². The minimum atomic E-state index is -0.0149. The predicted octanol–water partition coefficient (Wildman–Crippen LogP) is -0.206. The lowest BCUT2D eigenvalue weighted by Crippen LogP contribution is -2.09. The third kappa shape index (κ3) is 5.07. The summed E-state index contributed by atoms with van der Waals surface area (Å²) in [7, 11) is 0. The van der Waals surface area contributed by atoms with Crippen LogP contribution in [0.5, 0.6) is 0 Å². The number of hydrogen-bond acceptors (Lipinski definition) is 2. The quantitative estimate of drug-likeness (QED) is 0.170. The lowest BCUT2D eigenvalue weighted by molar-refractivity contribution is 0.293. The molecule has 40 valence electrons. The van der Waals surface area contributed by atoms with Gasteiger partial charge in [-0.2, -0.15) is 4.91 Å². The predicted molar refractivity (Wildman–Crippen MR) is 24.2 cm³/mol. The van der Waals surface area contributed by atoms with Crippen LogP contribution in [0.15, 0.2) is 5.22 Å². The molecule has 0 unspecified atom stereocenters. The number of nitrogens with one attached hydrogen (secondary N) is 1. The van der Waals surface area contributed by atoms with Crippen LogP contribution in [-0.4, -0.2) is 18.3 Å². The van der Waals surface area contributed by atoms with Gasteiger partial charge in [0.15, 0.2) is 0 Å². The van der Waals surface area contributed by atoms with Gasteiger partial charge >= 0.3 is 0 Å². The van der Waals surface area contributed by atoms with Crippen LogP contribution in [0.25, 0.3) is 10.4 Å². The molecule has 0 amide bonds. The van der Waals surface area contributed by atoms with E-state index in [4.69, 9.17) is 10.6 Å². The summed E-state index contributed by atoms with van der Waals surface area (Å²) in [5, 5.41) is 11.0. The van der Waals surface area contributed by atoms with E-state index in [1.54, 1.807) is 0 Å². The fourth-order valence-electron chi connectivity index (χ4n) is 0.132. The van der Waals surface area contributed by atoms with Gasteiger partial charge in [0.2, 0.25) is 0 Å². The van der Waals surface area contributed by atoms with Crippen LogP contribution in [0, 0.1) is 0 Å². The van der Waals surface area contributed by atoms with Gasteiger partial charge < -0.3 is 5.11 Å². The average Bonchev–Trinajstić information content (AvgIpc) is 1.69. The van der Waals surface area contributed by atoms with Gasteiger partial charge in [0.25, 0.3) is 0 Å². The average molecular weight is 102 g/mol. The van der Waals surface area contributed by atoms with Crippen molar-refractivity contribution in [1.82, 2.24) is 5.43 Å². The number of azide groups is 1. The molecule has 5 nitrogen and oxygen atoms in total. The van der Waals surface area contributed by atoms with Gasteiger partial charge in [-0.3, -0.25) is 5.43 Å². The van der Waals surface area contributed by atoms with E-state index >= 15 is 0 Å². The molecule has 0 spiro atoms. The molecule has 0 aliphatic heterocycles. The van der Waals surface area contributed by atoms with Crippen molar-refractivity contribution in [2.24, 2.45) is 5.22 Å². The van der Waals surface area contributed by atoms with E-state index in [0.29, 0.717) is 6.54 Å². The van der Waals surface area contributed by atoms with Crippen LogP contribution >= 0.6 is 0 Å². The molecule has 0 aliphatic carbocycles. The molecule has 0 atom stereocenters. The maximum absolute atomic E-state index is 8.05. The van der Waals surface area contributed by atoms with Crippen molar-refractivity contribution >= 4 is 0 Å². The first kappa shape index (κ1) is 6.07. The first-order valence-corrected chi connectivity index (χ1v) is 1.79. The second-order valence-corrected chi connectivity index (χ2v) is 0.821. The van der Waals surface area contributed by atoms with Crippen LogP contribution in [0.3, 0.4) is 0 Å². The molecule has 0 aromatic heterocycles. The van der Waals surface area contributed by atoms with E-state index in [-0.39, 0.29) is 6.61 Å². The molecule has 5 heteroatoms. The number of hydrogen-bond donors (Lipinski definition) is 2. The lowest BCUT2D eigenvalue weighted by Gasteiger charge is -1.83. The van der Waals surface area contributed by atoms with Crippen molar-refractivity contribution in [3.05, 3.63) is 10.4 Å². The summed E-state index contributed by atoms with van der Waals surface area (Å²) in [6, 6.07) is 0. The third-order valence-corrected chi connectivity index (χ3v) is 0.339. The van der Waals surface area contributed by atoms with Crippen LogP contribution < -0.4 is 5.43 Å². The molecular formula is C2H6N4O. The molecule has 7 heavy (non-hydrogen) atoms.